The van der Waals surface area contributed by atoms with Crippen LogP contribution in [-0.4, -0.2) is 38.8 Å². The minimum absolute atomic E-state index is 0.0372. The topological polar surface area (TPSA) is 75.7 Å². The van der Waals surface area contributed by atoms with E-state index in [0.29, 0.717) is 37.4 Å². The fourth-order valence-electron chi connectivity index (χ4n) is 3.31. The van der Waals surface area contributed by atoms with Gasteiger partial charge in [0.1, 0.15) is 5.75 Å². The van der Waals surface area contributed by atoms with Crippen molar-refractivity contribution in [3.63, 3.8) is 0 Å². The first kappa shape index (κ1) is 20.8. The van der Waals surface area contributed by atoms with Crippen LogP contribution in [-0.2, 0) is 20.6 Å². The SMILES string of the molecule is COc1ccccc1NC(=O)C1CCN(S(=O)(=O)Cc2cccc(Br)c2)CC1. The average molecular weight is 467 g/mol. The maximum atomic E-state index is 12.7. The second-order valence-corrected chi connectivity index (χ2v) is 9.63. The number of rotatable bonds is 6. The summed E-state index contributed by atoms with van der Waals surface area (Å²) in [4.78, 5) is 12.6. The number of sulfonamides is 1. The van der Waals surface area contributed by atoms with Crippen LogP contribution in [0.3, 0.4) is 0 Å². The maximum Gasteiger partial charge on any atom is 0.227 e. The molecule has 2 aromatic rings. The molecule has 3 rings (SSSR count). The molecule has 1 heterocycles. The lowest BCUT2D eigenvalue weighted by Crippen LogP contribution is -2.41. The third-order valence-corrected chi connectivity index (χ3v) is 7.16. The molecule has 6 nitrogen and oxygen atoms in total. The maximum absolute atomic E-state index is 12.7. The van der Waals surface area contributed by atoms with Gasteiger partial charge >= 0.3 is 0 Å². The number of methoxy groups -OCH3 is 1. The summed E-state index contributed by atoms with van der Waals surface area (Å²) in [5, 5.41) is 2.89. The zero-order valence-electron chi connectivity index (χ0n) is 15.6. The number of para-hydroxylation sites is 2. The first-order chi connectivity index (χ1) is 13.4. The Morgan fingerprint density at radius 1 is 1.18 bits per heavy atom. The molecule has 1 aliphatic rings. The van der Waals surface area contributed by atoms with Crippen LogP contribution in [0.15, 0.2) is 53.0 Å². The highest BCUT2D eigenvalue weighted by Crippen LogP contribution is 2.27. The van der Waals surface area contributed by atoms with Gasteiger partial charge in [-0.1, -0.05) is 40.2 Å². The van der Waals surface area contributed by atoms with E-state index in [1.54, 1.807) is 25.3 Å². The Morgan fingerprint density at radius 2 is 1.89 bits per heavy atom. The quantitative estimate of drug-likeness (QED) is 0.704. The molecule has 1 aliphatic heterocycles. The van der Waals surface area contributed by atoms with Crippen LogP contribution in [0.2, 0.25) is 0 Å². The van der Waals surface area contributed by atoms with Crippen LogP contribution in [0.1, 0.15) is 18.4 Å². The largest absolute Gasteiger partial charge is 0.495 e. The molecule has 1 saturated heterocycles. The van der Waals surface area contributed by atoms with Gasteiger partial charge in [0.05, 0.1) is 18.6 Å². The number of nitrogens with one attached hydrogen (secondary N) is 1. The lowest BCUT2D eigenvalue weighted by atomic mass is 9.97. The van der Waals surface area contributed by atoms with Crippen molar-refractivity contribution >= 4 is 37.5 Å². The molecule has 28 heavy (non-hydrogen) atoms. The number of hydrogen-bond acceptors (Lipinski definition) is 4. The molecule has 1 fully saturated rings. The van der Waals surface area contributed by atoms with Gasteiger partial charge in [-0.3, -0.25) is 4.79 Å². The number of amides is 1. The van der Waals surface area contributed by atoms with Crippen LogP contribution in [0.4, 0.5) is 5.69 Å². The van der Waals surface area contributed by atoms with E-state index in [2.05, 4.69) is 21.2 Å². The Hall–Kier alpha value is -1.90. The van der Waals surface area contributed by atoms with Crippen LogP contribution in [0.5, 0.6) is 5.75 Å². The van der Waals surface area contributed by atoms with Gasteiger partial charge in [-0.2, -0.15) is 0 Å². The van der Waals surface area contributed by atoms with Gasteiger partial charge < -0.3 is 10.1 Å². The van der Waals surface area contributed by atoms with Gasteiger partial charge in [-0.25, -0.2) is 12.7 Å². The molecular weight excluding hydrogens is 444 g/mol. The molecule has 0 aliphatic carbocycles. The molecule has 0 aromatic heterocycles. The summed E-state index contributed by atoms with van der Waals surface area (Å²) < 4.78 is 33.0. The van der Waals surface area contributed by atoms with Crippen LogP contribution < -0.4 is 10.1 Å². The highest BCUT2D eigenvalue weighted by molar-refractivity contribution is 9.10. The summed E-state index contributed by atoms with van der Waals surface area (Å²) in [7, 11) is -1.86. The predicted octanol–water partition coefficient (Wildman–Crippen LogP) is 3.64. The second kappa shape index (κ2) is 9.07. The Morgan fingerprint density at radius 3 is 2.57 bits per heavy atom. The third-order valence-electron chi connectivity index (χ3n) is 4.82. The van der Waals surface area contributed by atoms with Gasteiger partial charge in [0, 0.05) is 23.5 Å². The fraction of sp³-hybridized carbons (Fsp3) is 0.350. The Bertz CT molecular complexity index is 941. The minimum Gasteiger partial charge on any atom is -0.495 e. The zero-order valence-corrected chi connectivity index (χ0v) is 18.0. The van der Waals surface area contributed by atoms with E-state index < -0.39 is 10.0 Å². The molecule has 8 heteroatoms. The third kappa shape index (κ3) is 5.12. The average Bonchev–Trinajstić information content (AvgIpc) is 2.68. The molecule has 0 spiro atoms. The summed E-state index contributed by atoms with van der Waals surface area (Å²) in [6.07, 6.45) is 0.997. The zero-order chi connectivity index (χ0) is 20.1. The molecule has 2 aromatic carbocycles. The van der Waals surface area contributed by atoms with Crippen molar-refractivity contribution in [2.45, 2.75) is 18.6 Å². The molecule has 0 saturated carbocycles. The van der Waals surface area contributed by atoms with Crippen molar-refractivity contribution in [1.82, 2.24) is 4.31 Å². The number of carbonyl (C=O) groups excluding carboxylic acids is 1. The normalized spacial score (nSPS) is 15.9. The van der Waals surface area contributed by atoms with Crippen molar-refractivity contribution in [3.05, 3.63) is 58.6 Å². The van der Waals surface area contributed by atoms with Crippen molar-refractivity contribution in [3.8, 4) is 5.75 Å². The highest BCUT2D eigenvalue weighted by Gasteiger charge is 2.31. The van der Waals surface area contributed by atoms with Crippen molar-refractivity contribution < 1.29 is 17.9 Å². The van der Waals surface area contributed by atoms with Crippen LogP contribution >= 0.6 is 15.9 Å². The minimum atomic E-state index is -3.41. The van der Waals surface area contributed by atoms with Gasteiger partial charge in [0.15, 0.2) is 0 Å². The van der Waals surface area contributed by atoms with E-state index in [9.17, 15) is 13.2 Å². The molecule has 150 valence electrons. The van der Waals surface area contributed by atoms with E-state index in [0.717, 1.165) is 10.0 Å². The van der Waals surface area contributed by atoms with E-state index >= 15 is 0 Å². The fourth-order valence-corrected chi connectivity index (χ4v) is 5.30. The van der Waals surface area contributed by atoms with Crippen molar-refractivity contribution in [2.75, 3.05) is 25.5 Å². The Balaban J connectivity index is 1.58. The standard InChI is InChI=1S/C20H23BrN2O4S/c1-27-19-8-3-2-7-18(19)22-20(24)16-9-11-23(12-10-16)28(25,26)14-15-5-4-6-17(21)13-15/h2-8,13,16H,9-12,14H2,1H3,(H,22,24). The Labute approximate surface area is 174 Å². The first-order valence-corrected chi connectivity index (χ1v) is 11.5. The summed E-state index contributed by atoms with van der Waals surface area (Å²) in [5.41, 5.74) is 1.37. The van der Waals surface area contributed by atoms with Gasteiger partial charge in [-0.05, 0) is 42.7 Å². The second-order valence-electron chi connectivity index (χ2n) is 6.75. The molecule has 0 unspecified atom stereocenters. The van der Waals surface area contributed by atoms with Crippen molar-refractivity contribution in [1.29, 1.82) is 0 Å². The summed E-state index contributed by atoms with van der Waals surface area (Å²) in [6, 6.07) is 14.5. The highest BCUT2D eigenvalue weighted by atomic mass is 79.9. The lowest BCUT2D eigenvalue weighted by Gasteiger charge is -2.30. The molecule has 1 N–H and O–H groups in total. The van der Waals surface area contributed by atoms with E-state index in [-0.39, 0.29) is 17.6 Å². The van der Waals surface area contributed by atoms with Gasteiger partial charge in [0.2, 0.25) is 15.9 Å². The summed E-state index contributed by atoms with van der Waals surface area (Å²) >= 11 is 3.37. The van der Waals surface area contributed by atoms with E-state index in [1.807, 2.05) is 30.3 Å². The number of carbonyl (C=O) groups is 1. The Kier molecular flexibility index (Phi) is 6.74. The number of hydrogen-bond donors (Lipinski definition) is 1. The number of nitrogens with zero attached hydrogens (tertiary/aromatic N) is 1. The monoisotopic (exact) mass is 466 g/mol. The van der Waals surface area contributed by atoms with Crippen LogP contribution in [0.25, 0.3) is 0 Å². The van der Waals surface area contributed by atoms with Gasteiger partial charge in [0.25, 0.3) is 0 Å². The molecule has 1 amide bonds. The predicted molar refractivity (Wildman–Crippen MR) is 113 cm³/mol. The molecule has 0 bridgehead atoms. The lowest BCUT2D eigenvalue weighted by molar-refractivity contribution is -0.120. The molecular formula is C20H23BrN2O4S. The number of anilines is 1. The number of benzene rings is 2. The molecule has 0 radical (unpaired) electrons. The summed E-state index contributed by atoms with van der Waals surface area (Å²) in [5.74, 6) is 0.241. The number of ether oxygens (including phenoxy) is 1. The summed E-state index contributed by atoms with van der Waals surface area (Å²) in [6.45, 7) is 0.695. The number of halogens is 1. The number of piperidine rings is 1. The first-order valence-electron chi connectivity index (χ1n) is 9.05. The van der Waals surface area contributed by atoms with E-state index in [4.69, 9.17) is 4.74 Å². The van der Waals surface area contributed by atoms with Crippen LogP contribution in [0, 0.1) is 5.92 Å². The molecule has 0 atom stereocenters. The van der Waals surface area contributed by atoms with Gasteiger partial charge in [-0.15, -0.1) is 0 Å². The smallest absolute Gasteiger partial charge is 0.227 e. The van der Waals surface area contributed by atoms with Crippen molar-refractivity contribution in [2.24, 2.45) is 5.92 Å². The van der Waals surface area contributed by atoms with E-state index in [1.165, 1.54) is 4.31 Å².